The highest BCUT2D eigenvalue weighted by atomic mass is 35.5. The van der Waals surface area contributed by atoms with Crippen molar-refractivity contribution in [3.8, 4) is 17.2 Å². The van der Waals surface area contributed by atoms with Gasteiger partial charge in [-0.05, 0) is 54.1 Å². The molecule has 0 fully saturated rings. The van der Waals surface area contributed by atoms with E-state index in [0.29, 0.717) is 45.0 Å². The van der Waals surface area contributed by atoms with Crippen LogP contribution in [0, 0.1) is 0 Å². The Bertz CT molecular complexity index is 1250. The molecule has 174 valence electrons. The van der Waals surface area contributed by atoms with Crippen molar-refractivity contribution >= 4 is 41.2 Å². The summed E-state index contributed by atoms with van der Waals surface area (Å²) in [6.07, 6.45) is 1.41. The van der Waals surface area contributed by atoms with Crippen molar-refractivity contribution in [3.63, 3.8) is 0 Å². The van der Waals surface area contributed by atoms with Crippen LogP contribution in [-0.2, 0) is 11.4 Å². The molecule has 0 aromatic heterocycles. The molecule has 1 aliphatic heterocycles. The number of benzene rings is 3. The van der Waals surface area contributed by atoms with E-state index in [4.69, 9.17) is 37.4 Å². The largest absolute Gasteiger partial charge is 0.488 e. The molecule has 0 aliphatic carbocycles. The van der Waals surface area contributed by atoms with Gasteiger partial charge in [0.25, 0.3) is 11.8 Å². The summed E-state index contributed by atoms with van der Waals surface area (Å²) in [6.45, 7) is 0.139. The van der Waals surface area contributed by atoms with Crippen LogP contribution in [0.4, 0.5) is 0 Å². The highest BCUT2D eigenvalue weighted by molar-refractivity contribution is 6.31. The molecule has 1 aliphatic rings. The van der Waals surface area contributed by atoms with E-state index in [0.717, 1.165) is 5.56 Å². The molecule has 0 unspecified atom stereocenters. The Hall–Kier alpha value is -3.75. The molecule has 3 aromatic rings. The maximum atomic E-state index is 12.3. The number of nitrogens with one attached hydrogen (secondary N) is 2. The second-order valence-electron chi connectivity index (χ2n) is 7.14. The number of hydrazone groups is 1. The number of hydrogen-bond donors (Lipinski definition) is 2. The van der Waals surface area contributed by atoms with E-state index >= 15 is 0 Å². The number of rotatable bonds is 8. The Morgan fingerprint density at radius 2 is 1.82 bits per heavy atom. The fourth-order valence-corrected chi connectivity index (χ4v) is 3.45. The first-order valence-corrected chi connectivity index (χ1v) is 10.9. The number of carbonyl (C=O) groups is 2. The third-order valence-electron chi connectivity index (χ3n) is 4.69. The molecule has 0 saturated heterocycles. The Labute approximate surface area is 205 Å². The summed E-state index contributed by atoms with van der Waals surface area (Å²) in [5, 5.41) is 7.57. The predicted molar refractivity (Wildman–Crippen MR) is 128 cm³/mol. The van der Waals surface area contributed by atoms with E-state index in [1.165, 1.54) is 6.21 Å². The van der Waals surface area contributed by atoms with Crippen LogP contribution in [0.2, 0.25) is 10.0 Å². The minimum atomic E-state index is -0.506. The van der Waals surface area contributed by atoms with Crippen LogP contribution in [0.1, 0.15) is 21.5 Å². The average Bonchev–Trinajstić information content (AvgIpc) is 3.30. The molecule has 4 rings (SSSR count). The molecule has 0 atom stereocenters. The SMILES string of the molecule is O=C(CNC(=O)c1ccc2c(c1)OCO2)N/N=C\c1cc(Cl)ccc1OCc1cccc(Cl)c1. The van der Waals surface area contributed by atoms with E-state index < -0.39 is 11.8 Å². The minimum absolute atomic E-state index is 0.112. The van der Waals surface area contributed by atoms with Crippen LogP contribution in [0.5, 0.6) is 17.2 Å². The van der Waals surface area contributed by atoms with E-state index in [1.807, 2.05) is 18.2 Å². The van der Waals surface area contributed by atoms with Crippen LogP contribution >= 0.6 is 23.2 Å². The molecule has 1 heterocycles. The lowest BCUT2D eigenvalue weighted by Gasteiger charge is -2.10. The first-order chi connectivity index (χ1) is 16.5. The van der Waals surface area contributed by atoms with Crippen LogP contribution in [0.3, 0.4) is 0 Å². The number of carbonyl (C=O) groups excluding carboxylic acids is 2. The molecule has 0 bridgehead atoms. The third-order valence-corrected chi connectivity index (χ3v) is 5.16. The van der Waals surface area contributed by atoms with Gasteiger partial charge < -0.3 is 19.5 Å². The van der Waals surface area contributed by atoms with E-state index in [-0.39, 0.29) is 13.3 Å². The quantitative estimate of drug-likeness (QED) is 0.357. The lowest BCUT2D eigenvalue weighted by Crippen LogP contribution is -2.34. The number of fused-ring (bicyclic) bond motifs is 1. The molecule has 3 aromatic carbocycles. The number of amides is 2. The fourth-order valence-electron chi connectivity index (χ4n) is 3.05. The smallest absolute Gasteiger partial charge is 0.259 e. The monoisotopic (exact) mass is 499 g/mol. The van der Waals surface area contributed by atoms with Crippen LogP contribution in [0.15, 0.2) is 65.8 Å². The minimum Gasteiger partial charge on any atom is -0.488 e. The van der Waals surface area contributed by atoms with Crippen molar-refractivity contribution in [2.45, 2.75) is 6.61 Å². The van der Waals surface area contributed by atoms with Gasteiger partial charge in [0.2, 0.25) is 6.79 Å². The first kappa shape index (κ1) is 23.4. The summed E-state index contributed by atoms with van der Waals surface area (Å²) in [5.74, 6) is 0.647. The van der Waals surface area contributed by atoms with E-state index in [9.17, 15) is 9.59 Å². The van der Waals surface area contributed by atoms with Gasteiger partial charge in [0.05, 0.1) is 12.8 Å². The zero-order chi connectivity index (χ0) is 23.9. The Morgan fingerprint density at radius 3 is 2.68 bits per heavy atom. The molecule has 0 radical (unpaired) electrons. The molecular weight excluding hydrogens is 481 g/mol. The van der Waals surface area contributed by atoms with Gasteiger partial charge in [-0.25, -0.2) is 5.43 Å². The molecule has 0 saturated carbocycles. The standard InChI is InChI=1S/C24H19Cl2N3O5/c25-18-3-1-2-15(8-18)13-32-20-7-5-19(26)9-17(20)11-28-29-23(30)12-27-24(31)16-4-6-21-22(10-16)34-14-33-21/h1-11H,12-14H2,(H,27,31)(H,29,30)/b28-11-. The molecule has 2 amide bonds. The second-order valence-corrected chi connectivity index (χ2v) is 8.02. The predicted octanol–water partition coefficient (Wildman–Crippen LogP) is 4.18. The van der Waals surface area contributed by atoms with Gasteiger partial charge in [-0.3, -0.25) is 9.59 Å². The summed E-state index contributed by atoms with van der Waals surface area (Å²) in [4.78, 5) is 24.4. The van der Waals surface area contributed by atoms with E-state index in [2.05, 4.69) is 15.8 Å². The van der Waals surface area contributed by atoms with Crippen molar-refractivity contribution in [1.82, 2.24) is 10.7 Å². The van der Waals surface area contributed by atoms with Gasteiger partial charge in [-0.2, -0.15) is 5.10 Å². The zero-order valence-corrected chi connectivity index (χ0v) is 19.2. The van der Waals surface area contributed by atoms with Crippen LogP contribution in [-0.4, -0.2) is 31.4 Å². The Kier molecular flexibility index (Phi) is 7.51. The van der Waals surface area contributed by atoms with Crippen LogP contribution < -0.4 is 25.0 Å². The number of nitrogens with zero attached hydrogens (tertiary/aromatic N) is 1. The molecule has 2 N–H and O–H groups in total. The van der Waals surface area contributed by atoms with Crippen molar-refractivity contribution in [1.29, 1.82) is 0 Å². The number of hydrogen-bond acceptors (Lipinski definition) is 6. The summed E-state index contributed by atoms with van der Waals surface area (Å²) in [6, 6.07) is 17.2. The lowest BCUT2D eigenvalue weighted by molar-refractivity contribution is -0.120. The first-order valence-electron chi connectivity index (χ1n) is 10.1. The van der Waals surface area contributed by atoms with Gasteiger partial charge >= 0.3 is 0 Å². The molecular formula is C24H19Cl2N3O5. The van der Waals surface area contributed by atoms with Crippen molar-refractivity contribution < 1.29 is 23.8 Å². The summed E-state index contributed by atoms with van der Waals surface area (Å²) in [5.41, 5.74) is 4.18. The fraction of sp³-hybridized carbons (Fsp3) is 0.125. The van der Waals surface area contributed by atoms with Crippen molar-refractivity contribution in [2.24, 2.45) is 5.10 Å². The highest BCUT2D eigenvalue weighted by Gasteiger charge is 2.16. The zero-order valence-electron chi connectivity index (χ0n) is 17.7. The van der Waals surface area contributed by atoms with E-state index in [1.54, 1.807) is 42.5 Å². The lowest BCUT2D eigenvalue weighted by atomic mass is 10.2. The van der Waals surface area contributed by atoms with Gasteiger partial charge in [0.1, 0.15) is 12.4 Å². The normalized spacial score (nSPS) is 11.9. The maximum Gasteiger partial charge on any atom is 0.259 e. The molecule has 10 heteroatoms. The average molecular weight is 500 g/mol. The summed E-state index contributed by atoms with van der Waals surface area (Å²) >= 11 is 12.1. The Balaban J connectivity index is 1.30. The summed E-state index contributed by atoms with van der Waals surface area (Å²) in [7, 11) is 0. The van der Waals surface area contributed by atoms with Crippen LogP contribution in [0.25, 0.3) is 0 Å². The molecule has 0 spiro atoms. The number of ether oxygens (including phenoxy) is 3. The highest BCUT2D eigenvalue weighted by Crippen LogP contribution is 2.32. The summed E-state index contributed by atoms with van der Waals surface area (Å²) < 4.78 is 16.3. The molecule has 34 heavy (non-hydrogen) atoms. The molecule has 8 nitrogen and oxygen atoms in total. The van der Waals surface area contributed by atoms with Gasteiger partial charge in [0, 0.05) is 21.2 Å². The van der Waals surface area contributed by atoms with Gasteiger partial charge in [-0.1, -0.05) is 35.3 Å². The third kappa shape index (κ3) is 6.18. The number of halogens is 2. The van der Waals surface area contributed by atoms with Gasteiger partial charge in [-0.15, -0.1) is 0 Å². The van der Waals surface area contributed by atoms with Crippen molar-refractivity contribution in [3.05, 3.63) is 87.4 Å². The maximum absolute atomic E-state index is 12.3. The topological polar surface area (TPSA) is 98.3 Å². The Morgan fingerprint density at radius 1 is 1.00 bits per heavy atom. The van der Waals surface area contributed by atoms with Gasteiger partial charge in [0.15, 0.2) is 11.5 Å². The second kappa shape index (κ2) is 10.9. The van der Waals surface area contributed by atoms with Crippen molar-refractivity contribution in [2.75, 3.05) is 13.3 Å².